The highest BCUT2D eigenvalue weighted by molar-refractivity contribution is 7.14. The van der Waals surface area contributed by atoms with E-state index in [0.29, 0.717) is 18.0 Å². The van der Waals surface area contributed by atoms with Crippen LogP contribution in [0.3, 0.4) is 0 Å². The lowest BCUT2D eigenvalue weighted by molar-refractivity contribution is -0.116. The number of amides is 1. The van der Waals surface area contributed by atoms with Crippen molar-refractivity contribution in [2.75, 3.05) is 5.32 Å². The third-order valence-electron chi connectivity index (χ3n) is 2.95. The number of aryl methyl sites for hydroxylation is 2. The molecule has 0 fully saturated rings. The normalized spacial score (nSPS) is 10.6. The molecule has 0 saturated carbocycles. The quantitative estimate of drug-likeness (QED) is 0.777. The Balaban J connectivity index is 1.56. The zero-order chi connectivity index (χ0) is 15.4. The molecule has 0 aliphatic heterocycles. The largest absolute Gasteiger partial charge is 0.302 e. The van der Waals surface area contributed by atoms with Gasteiger partial charge in [0.25, 0.3) is 0 Å². The fraction of sp³-hybridized carbons (Fsp3) is 0.200. The molecule has 0 unspecified atom stereocenters. The van der Waals surface area contributed by atoms with Gasteiger partial charge in [0.1, 0.15) is 5.01 Å². The Bertz CT molecular complexity index is 767. The molecule has 0 aliphatic carbocycles. The van der Waals surface area contributed by atoms with Crippen molar-refractivity contribution in [3.63, 3.8) is 0 Å². The maximum Gasteiger partial charge on any atom is 0.226 e. The second-order valence-corrected chi connectivity index (χ2v) is 6.44. The van der Waals surface area contributed by atoms with Gasteiger partial charge in [0.15, 0.2) is 5.13 Å². The molecule has 1 amide bonds. The van der Waals surface area contributed by atoms with Crippen molar-refractivity contribution in [3.8, 4) is 10.6 Å². The van der Waals surface area contributed by atoms with Gasteiger partial charge >= 0.3 is 0 Å². The average Bonchev–Trinajstić information content (AvgIpc) is 3.15. The Morgan fingerprint density at radius 3 is 2.73 bits per heavy atom. The Labute approximate surface area is 136 Å². The number of rotatable bonds is 5. The van der Waals surface area contributed by atoms with Gasteiger partial charge in [-0.2, -0.15) is 0 Å². The van der Waals surface area contributed by atoms with Gasteiger partial charge in [-0.15, -0.1) is 22.7 Å². The molecule has 1 N–H and O–H groups in total. The summed E-state index contributed by atoms with van der Waals surface area (Å²) < 4.78 is 0. The summed E-state index contributed by atoms with van der Waals surface area (Å²) in [5.74, 6) is -0.0344. The van der Waals surface area contributed by atoms with E-state index in [4.69, 9.17) is 0 Å². The molecule has 3 aromatic heterocycles. The standard InChI is InChI=1S/C15H14N4OS2/c1-10-8-22-15(17-10)19-13(20)3-2-12-9-21-14(18-12)11-4-6-16-7-5-11/h4-9H,2-3H2,1H3,(H,17,19,20). The monoisotopic (exact) mass is 330 g/mol. The van der Waals surface area contributed by atoms with Crippen molar-refractivity contribution in [3.05, 3.63) is 46.7 Å². The average molecular weight is 330 g/mol. The lowest BCUT2D eigenvalue weighted by atomic mass is 10.2. The van der Waals surface area contributed by atoms with E-state index in [2.05, 4.69) is 20.3 Å². The number of aromatic nitrogens is 3. The molecule has 3 aromatic rings. The molecule has 0 bridgehead atoms. The first-order valence-electron chi connectivity index (χ1n) is 6.77. The van der Waals surface area contributed by atoms with Crippen molar-refractivity contribution in [1.82, 2.24) is 15.0 Å². The number of hydrogen-bond acceptors (Lipinski definition) is 6. The Hall–Kier alpha value is -2.12. The van der Waals surface area contributed by atoms with E-state index in [9.17, 15) is 4.79 Å². The lowest BCUT2D eigenvalue weighted by Gasteiger charge is -2.00. The van der Waals surface area contributed by atoms with Crippen LogP contribution in [-0.2, 0) is 11.2 Å². The first kappa shape index (κ1) is 14.8. The summed E-state index contributed by atoms with van der Waals surface area (Å²) in [6, 6.07) is 3.86. The molecule has 0 atom stereocenters. The SMILES string of the molecule is Cc1csc(NC(=O)CCc2csc(-c3ccncc3)n2)n1. The summed E-state index contributed by atoms with van der Waals surface area (Å²) in [7, 11) is 0. The fourth-order valence-electron chi connectivity index (χ4n) is 1.88. The molecule has 0 saturated heterocycles. The second kappa shape index (κ2) is 6.76. The van der Waals surface area contributed by atoms with E-state index in [1.54, 1.807) is 23.7 Å². The van der Waals surface area contributed by atoms with Crippen LogP contribution in [0.15, 0.2) is 35.3 Å². The number of nitrogens with zero attached hydrogens (tertiary/aromatic N) is 3. The molecule has 0 radical (unpaired) electrons. The summed E-state index contributed by atoms with van der Waals surface area (Å²) in [4.78, 5) is 24.7. The number of carbonyl (C=O) groups excluding carboxylic acids is 1. The van der Waals surface area contributed by atoms with E-state index < -0.39 is 0 Å². The zero-order valence-corrected chi connectivity index (χ0v) is 13.6. The van der Waals surface area contributed by atoms with Gasteiger partial charge in [0.2, 0.25) is 5.91 Å². The van der Waals surface area contributed by atoms with Crippen LogP contribution in [0.5, 0.6) is 0 Å². The van der Waals surface area contributed by atoms with E-state index in [0.717, 1.165) is 22.0 Å². The number of carbonyl (C=O) groups is 1. The predicted molar refractivity (Wildman–Crippen MR) is 89.1 cm³/mol. The van der Waals surface area contributed by atoms with Crippen LogP contribution in [0.25, 0.3) is 10.6 Å². The van der Waals surface area contributed by atoms with Gasteiger partial charge in [-0.1, -0.05) is 0 Å². The van der Waals surface area contributed by atoms with Crippen molar-refractivity contribution in [1.29, 1.82) is 0 Å². The number of thiazole rings is 2. The minimum absolute atomic E-state index is 0.0344. The molecule has 0 aromatic carbocycles. The van der Waals surface area contributed by atoms with Crippen molar-refractivity contribution >= 4 is 33.7 Å². The highest BCUT2D eigenvalue weighted by atomic mass is 32.1. The molecular formula is C15H14N4OS2. The summed E-state index contributed by atoms with van der Waals surface area (Å²) in [5.41, 5.74) is 2.90. The van der Waals surface area contributed by atoms with Crippen LogP contribution < -0.4 is 5.32 Å². The summed E-state index contributed by atoms with van der Waals surface area (Å²) in [6.07, 6.45) is 4.52. The Morgan fingerprint density at radius 2 is 2.00 bits per heavy atom. The molecule has 0 aliphatic rings. The van der Waals surface area contributed by atoms with Crippen LogP contribution >= 0.6 is 22.7 Å². The smallest absolute Gasteiger partial charge is 0.226 e. The van der Waals surface area contributed by atoms with Gasteiger partial charge in [0, 0.05) is 35.1 Å². The van der Waals surface area contributed by atoms with Crippen LogP contribution in [0.2, 0.25) is 0 Å². The van der Waals surface area contributed by atoms with E-state index in [1.165, 1.54) is 11.3 Å². The molecule has 3 rings (SSSR count). The molecule has 22 heavy (non-hydrogen) atoms. The van der Waals surface area contributed by atoms with Crippen LogP contribution in [0.4, 0.5) is 5.13 Å². The second-order valence-electron chi connectivity index (χ2n) is 4.72. The maximum absolute atomic E-state index is 11.9. The maximum atomic E-state index is 11.9. The fourth-order valence-corrected chi connectivity index (χ4v) is 3.45. The van der Waals surface area contributed by atoms with Gasteiger partial charge in [-0.3, -0.25) is 9.78 Å². The van der Waals surface area contributed by atoms with Gasteiger partial charge in [-0.05, 0) is 25.5 Å². The van der Waals surface area contributed by atoms with Crippen LogP contribution in [0, 0.1) is 6.92 Å². The van der Waals surface area contributed by atoms with E-state index >= 15 is 0 Å². The van der Waals surface area contributed by atoms with E-state index in [1.807, 2.05) is 29.8 Å². The molecule has 5 nitrogen and oxygen atoms in total. The molecule has 112 valence electrons. The summed E-state index contributed by atoms with van der Waals surface area (Å²) in [5, 5.41) is 8.32. The number of anilines is 1. The number of hydrogen-bond donors (Lipinski definition) is 1. The van der Waals surface area contributed by atoms with Crippen LogP contribution in [-0.4, -0.2) is 20.9 Å². The van der Waals surface area contributed by atoms with Crippen molar-refractivity contribution < 1.29 is 4.79 Å². The number of nitrogens with one attached hydrogen (secondary N) is 1. The van der Waals surface area contributed by atoms with E-state index in [-0.39, 0.29) is 5.91 Å². The first-order valence-corrected chi connectivity index (χ1v) is 8.53. The molecule has 7 heteroatoms. The molecular weight excluding hydrogens is 316 g/mol. The molecule has 3 heterocycles. The minimum Gasteiger partial charge on any atom is -0.302 e. The Morgan fingerprint density at radius 1 is 1.18 bits per heavy atom. The van der Waals surface area contributed by atoms with Crippen molar-refractivity contribution in [2.24, 2.45) is 0 Å². The summed E-state index contributed by atoms with van der Waals surface area (Å²) >= 11 is 3.02. The van der Waals surface area contributed by atoms with Gasteiger partial charge in [0.05, 0.1) is 11.4 Å². The highest BCUT2D eigenvalue weighted by Crippen LogP contribution is 2.23. The van der Waals surface area contributed by atoms with Gasteiger partial charge in [-0.25, -0.2) is 9.97 Å². The van der Waals surface area contributed by atoms with Crippen molar-refractivity contribution in [2.45, 2.75) is 19.8 Å². The summed E-state index contributed by atoms with van der Waals surface area (Å²) in [6.45, 7) is 1.90. The topological polar surface area (TPSA) is 67.8 Å². The molecule has 0 spiro atoms. The first-order chi connectivity index (χ1) is 10.7. The third-order valence-corrected chi connectivity index (χ3v) is 4.77. The van der Waals surface area contributed by atoms with Crippen LogP contribution in [0.1, 0.15) is 17.8 Å². The lowest BCUT2D eigenvalue weighted by Crippen LogP contribution is -2.12. The third kappa shape index (κ3) is 3.75. The van der Waals surface area contributed by atoms with Gasteiger partial charge < -0.3 is 5.32 Å². The highest BCUT2D eigenvalue weighted by Gasteiger charge is 2.09. The minimum atomic E-state index is -0.0344. The number of pyridine rings is 1. The Kier molecular flexibility index (Phi) is 4.55. The zero-order valence-electron chi connectivity index (χ0n) is 11.9. The predicted octanol–water partition coefficient (Wildman–Crippen LogP) is 3.54.